The summed E-state index contributed by atoms with van der Waals surface area (Å²) in [5, 5.41) is 0. The Hall–Kier alpha value is -1.88. The number of para-hydroxylation sites is 1. The van der Waals surface area contributed by atoms with Gasteiger partial charge in [0.2, 0.25) is 5.91 Å². The molecule has 2 aliphatic heterocycles. The molecule has 1 amide bonds. The zero-order valence-corrected chi connectivity index (χ0v) is 16.4. The van der Waals surface area contributed by atoms with Crippen LogP contribution in [-0.4, -0.2) is 49.6 Å². The zero-order chi connectivity index (χ0) is 19.0. The second-order valence-corrected chi connectivity index (χ2v) is 8.35. The van der Waals surface area contributed by atoms with Crippen molar-refractivity contribution >= 4 is 17.6 Å². The predicted octanol–water partition coefficient (Wildman–Crippen LogP) is 3.12. The van der Waals surface area contributed by atoms with Gasteiger partial charge >= 0.3 is 5.97 Å². The number of fused-ring (bicyclic) bond motifs is 2. The molecule has 1 saturated heterocycles. The molecule has 27 heavy (non-hydrogen) atoms. The molecular formula is C22H30N2O3. The smallest absolute Gasteiger partial charge is 0.306 e. The average Bonchev–Trinajstić information content (AvgIpc) is 3.22. The normalized spacial score (nSPS) is 30.7. The maximum Gasteiger partial charge on any atom is 0.306 e. The van der Waals surface area contributed by atoms with Gasteiger partial charge in [0.1, 0.15) is 0 Å². The second kappa shape index (κ2) is 7.27. The van der Waals surface area contributed by atoms with Crippen LogP contribution in [0.5, 0.6) is 0 Å². The summed E-state index contributed by atoms with van der Waals surface area (Å²) in [5.41, 5.74) is 1.99. The van der Waals surface area contributed by atoms with Crippen LogP contribution < -0.4 is 4.90 Å². The van der Waals surface area contributed by atoms with Gasteiger partial charge in [0, 0.05) is 31.7 Å². The highest BCUT2D eigenvalue weighted by Crippen LogP contribution is 2.50. The fourth-order valence-corrected chi connectivity index (χ4v) is 5.48. The molecule has 5 heteroatoms. The Labute approximate surface area is 161 Å². The highest BCUT2D eigenvalue weighted by molar-refractivity contribution is 6.07. The van der Waals surface area contributed by atoms with E-state index in [2.05, 4.69) is 23.1 Å². The summed E-state index contributed by atoms with van der Waals surface area (Å²) in [6.07, 6.45) is 5.58. The fourth-order valence-electron chi connectivity index (χ4n) is 5.48. The Kier molecular flexibility index (Phi) is 4.97. The number of likely N-dealkylation sites (N-methyl/N-ethyl adjacent to an activating group) is 1. The summed E-state index contributed by atoms with van der Waals surface area (Å²) in [6.45, 7) is 4.37. The van der Waals surface area contributed by atoms with Crippen molar-refractivity contribution in [2.24, 2.45) is 5.92 Å². The maximum absolute atomic E-state index is 13.1. The zero-order valence-electron chi connectivity index (χ0n) is 16.4. The molecule has 1 saturated carbocycles. The van der Waals surface area contributed by atoms with E-state index in [9.17, 15) is 9.59 Å². The van der Waals surface area contributed by atoms with E-state index in [0.29, 0.717) is 25.0 Å². The van der Waals surface area contributed by atoms with Gasteiger partial charge in [0.25, 0.3) is 0 Å². The molecule has 0 unspecified atom stereocenters. The first-order chi connectivity index (χ1) is 13.0. The third-order valence-electron chi connectivity index (χ3n) is 6.90. The molecule has 1 aromatic carbocycles. The standard InChI is InChI=1S/C22H30N2O3/c1-3-27-20(25)14-16-10-13-24(15-16)17-8-11-22(12-9-17)18-6-4-5-7-19(18)23(2)21(22)26/h4-7,16-17H,3,8-15H2,1-2H3/t16-,17?,22?/m1/s1. The van der Waals surface area contributed by atoms with Gasteiger partial charge in [-0.05, 0) is 63.1 Å². The highest BCUT2D eigenvalue weighted by Gasteiger charge is 2.51. The number of rotatable bonds is 4. The monoisotopic (exact) mass is 370 g/mol. The lowest BCUT2D eigenvalue weighted by Crippen LogP contribution is -2.46. The first-order valence-electron chi connectivity index (χ1n) is 10.3. The number of hydrogen-bond donors (Lipinski definition) is 0. The molecule has 3 aliphatic rings. The van der Waals surface area contributed by atoms with Crippen LogP contribution in [0.2, 0.25) is 0 Å². The van der Waals surface area contributed by atoms with Crippen LogP contribution in [0.3, 0.4) is 0 Å². The molecule has 0 N–H and O–H groups in total. The lowest BCUT2D eigenvalue weighted by atomic mass is 9.68. The number of carbonyl (C=O) groups excluding carboxylic acids is 2. The number of hydrogen-bond acceptors (Lipinski definition) is 4. The predicted molar refractivity (Wildman–Crippen MR) is 105 cm³/mol. The van der Waals surface area contributed by atoms with E-state index in [1.807, 2.05) is 24.9 Å². The van der Waals surface area contributed by atoms with E-state index in [4.69, 9.17) is 4.74 Å². The number of carbonyl (C=O) groups is 2. The van der Waals surface area contributed by atoms with Gasteiger partial charge in [-0.3, -0.25) is 9.59 Å². The van der Waals surface area contributed by atoms with Crippen LogP contribution in [-0.2, 0) is 19.7 Å². The van der Waals surface area contributed by atoms with Crippen LogP contribution in [0.15, 0.2) is 24.3 Å². The summed E-state index contributed by atoms with van der Waals surface area (Å²) in [7, 11) is 1.91. The topological polar surface area (TPSA) is 49.9 Å². The van der Waals surface area contributed by atoms with Gasteiger partial charge in [-0.1, -0.05) is 18.2 Å². The van der Waals surface area contributed by atoms with Crippen molar-refractivity contribution in [2.45, 2.75) is 56.9 Å². The minimum absolute atomic E-state index is 0.0665. The minimum Gasteiger partial charge on any atom is -0.466 e. The third-order valence-corrected chi connectivity index (χ3v) is 6.90. The van der Waals surface area contributed by atoms with Crippen LogP contribution >= 0.6 is 0 Å². The lowest BCUT2D eigenvalue weighted by Gasteiger charge is -2.39. The Balaban J connectivity index is 1.39. The van der Waals surface area contributed by atoms with E-state index < -0.39 is 0 Å². The van der Waals surface area contributed by atoms with Crippen molar-refractivity contribution in [1.29, 1.82) is 0 Å². The molecule has 1 aromatic rings. The van der Waals surface area contributed by atoms with Crippen LogP contribution in [0.25, 0.3) is 0 Å². The maximum atomic E-state index is 13.1. The number of nitrogens with zero attached hydrogens (tertiary/aromatic N) is 2. The van der Waals surface area contributed by atoms with Crippen LogP contribution in [0, 0.1) is 5.92 Å². The second-order valence-electron chi connectivity index (χ2n) is 8.35. The van der Waals surface area contributed by atoms with Gasteiger partial charge in [0.05, 0.1) is 12.0 Å². The summed E-state index contributed by atoms with van der Waals surface area (Å²) in [6, 6.07) is 8.81. The number of esters is 1. The Morgan fingerprint density at radius 2 is 1.96 bits per heavy atom. The summed E-state index contributed by atoms with van der Waals surface area (Å²) in [5.74, 6) is 0.617. The summed E-state index contributed by atoms with van der Waals surface area (Å²) >= 11 is 0. The summed E-state index contributed by atoms with van der Waals surface area (Å²) in [4.78, 5) is 29.2. The molecule has 4 rings (SSSR count). The van der Waals surface area contributed by atoms with Crippen molar-refractivity contribution in [3.63, 3.8) is 0 Å². The largest absolute Gasteiger partial charge is 0.466 e. The average molecular weight is 370 g/mol. The minimum atomic E-state index is -0.314. The van der Waals surface area contributed by atoms with Crippen LogP contribution in [0.1, 0.15) is 51.0 Å². The SMILES string of the molecule is CCOC(=O)C[C@H]1CCN(C2CCC3(CC2)C(=O)N(C)c2ccccc23)C1. The van der Waals surface area contributed by atoms with E-state index in [0.717, 1.165) is 50.9 Å². The molecule has 5 nitrogen and oxygen atoms in total. The van der Waals surface area contributed by atoms with Crippen molar-refractivity contribution in [2.75, 3.05) is 31.6 Å². The number of anilines is 1. The third kappa shape index (κ3) is 3.16. The van der Waals surface area contributed by atoms with E-state index in [-0.39, 0.29) is 17.3 Å². The summed E-state index contributed by atoms with van der Waals surface area (Å²) < 4.78 is 5.10. The van der Waals surface area contributed by atoms with Crippen molar-refractivity contribution in [3.05, 3.63) is 29.8 Å². The molecule has 2 fully saturated rings. The number of benzene rings is 1. The molecular weight excluding hydrogens is 340 g/mol. The van der Waals surface area contributed by atoms with Gasteiger partial charge < -0.3 is 14.5 Å². The molecule has 1 spiro atoms. The molecule has 0 aromatic heterocycles. The molecule has 1 atom stereocenters. The quantitative estimate of drug-likeness (QED) is 0.764. The van der Waals surface area contributed by atoms with Crippen molar-refractivity contribution < 1.29 is 14.3 Å². The molecule has 1 aliphatic carbocycles. The first kappa shape index (κ1) is 18.5. The molecule has 2 heterocycles. The number of amides is 1. The Morgan fingerprint density at radius 1 is 1.22 bits per heavy atom. The fraction of sp³-hybridized carbons (Fsp3) is 0.636. The molecule has 0 bridgehead atoms. The molecule has 0 radical (unpaired) electrons. The number of likely N-dealkylation sites (tertiary alicyclic amines) is 1. The highest BCUT2D eigenvalue weighted by atomic mass is 16.5. The first-order valence-corrected chi connectivity index (χ1v) is 10.3. The van der Waals surface area contributed by atoms with Crippen molar-refractivity contribution in [3.8, 4) is 0 Å². The number of ether oxygens (including phenoxy) is 1. The Bertz CT molecular complexity index is 724. The molecule has 146 valence electrons. The van der Waals surface area contributed by atoms with Gasteiger partial charge in [0.15, 0.2) is 0 Å². The van der Waals surface area contributed by atoms with Crippen LogP contribution in [0.4, 0.5) is 5.69 Å². The van der Waals surface area contributed by atoms with Crippen molar-refractivity contribution in [1.82, 2.24) is 4.90 Å². The van der Waals surface area contributed by atoms with E-state index in [1.54, 1.807) is 0 Å². The van der Waals surface area contributed by atoms with Gasteiger partial charge in [-0.25, -0.2) is 0 Å². The van der Waals surface area contributed by atoms with Gasteiger partial charge in [-0.2, -0.15) is 0 Å². The van der Waals surface area contributed by atoms with E-state index in [1.165, 1.54) is 5.56 Å². The lowest BCUT2D eigenvalue weighted by molar-refractivity contribution is -0.144. The Morgan fingerprint density at radius 3 is 2.70 bits per heavy atom. The van der Waals surface area contributed by atoms with Gasteiger partial charge in [-0.15, -0.1) is 0 Å². The van der Waals surface area contributed by atoms with E-state index >= 15 is 0 Å².